The van der Waals surface area contributed by atoms with Gasteiger partial charge in [-0.3, -0.25) is 0 Å². The molecule has 0 heterocycles. The number of nitrogens with zero attached hydrogens (tertiary/aromatic N) is 3. The average molecular weight is 886 g/mol. The van der Waals surface area contributed by atoms with Gasteiger partial charge >= 0.3 is 57.3 Å². The van der Waals surface area contributed by atoms with Crippen molar-refractivity contribution in [3.05, 3.63) is 128 Å². The summed E-state index contributed by atoms with van der Waals surface area (Å²) in [5, 5.41) is 0. The molecule has 52 heavy (non-hydrogen) atoms. The molecule has 0 aliphatic heterocycles. The number of halogens is 15. The summed E-state index contributed by atoms with van der Waals surface area (Å²) < 4.78 is 169. The van der Waals surface area contributed by atoms with Gasteiger partial charge in [-0.25, -0.2) is 14.5 Å². The van der Waals surface area contributed by atoms with Crippen molar-refractivity contribution in [1.82, 2.24) is 0 Å². The maximum Gasteiger partial charge on any atom is 4.00 e. The van der Waals surface area contributed by atoms with Gasteiger partial charge in [0.2, 0.25) is 0 Å². The first-order chi connectivity index (χ1) is 22.5. The summed E-state index contributed by atoms with van der Waals surface area (Å²) in [5.74, 6) is 0. The van der Waals surface area contributed by atoms with Gasteiger partial charge in [-0.2, -0.15) is 39.5 Å². The van der Waals surface area contributed by atoms with E-state index in [1.807, 2.05) is 0 Å². The molecule has 0 amide bonds. The molecular formula is C31H29F15MoN3P2+5. The second-order valence-corrected chi connectivity index (χ2v) is 10.5. The fourth-order valence-electron chi connectivity index (χ4n) is 3.89. The zero-order valence-electron chi connectivity index (χ0n) is 27.9. The number of hydrogen-bond acceptors (Lipinski definition) is 0. The van der Waals surface area contributed by atoms with Gasteiger partial charge in [0.15, 0.2) is 17.1 Å². The van der Waals surface area contributed by atoms with Crippen LogP contribution < -0.4 is 0 Å². The number of rotatable bonds is 0. The maximum atomic E-state index is 12.3. The van der Waals surface area contributed by atoms with Crippen LogP contribution in [-0.4, -0.2) is 0 Å². The van der Waals surface area contributed by atoms with E-state index in [-0.39, 0.29) is 28.5 Å². The van der Waals surface area contributed by atoms with Crippen molar-refractivity contribution >= 4 is 34.8 Å². The minimum Gasteiger partial charge on any atom is -0.358 e. The summed E-state index contributed by atoms with van der Waals surface area (Å²) in [7, 11) is -8.76. The zero-order chi connectivity index (χ0) is 39.9. The van der Waals surface area contributed by atoms with Gasteiger partial charge in [-0.1, -0.05) is 36.4 Å². The van der Waals surface area contributed by atoms with E-state index >= 15 is 0 Å². The first-order valence-corrected chi connectivity index (χ1v) is 15.2. The topological polar surface area (TPSA) is 13.1 Å². The monoisotopic (exact) mass is 888 g/mol. The second-order valence-electron chi connectivity index (χ2n) is 9.63. The Morgan fingerprint density at radius 1 is 0.404 bits per heavy atom. The van der Waals surface area contributed by atoms with Crippen LogP contribution in [-0.2, 0) is 39.6 Å². The molecule has 3 aromatic carbocycles. The number of hydrogen-bond donors (Lipinski definition) is 0. The Morgan fingerprint density at radius 2 is 0.519 bits per heavy atom. The molecule has 0 aliphatic carbocycles. The van der Waals surface area contributed by atoms with Crippen LogP contribution in [0.5, 0.6) is 0 Å². The van der Waals surface area contributed by atoms with Crippen molar-refractivity contribution < 1.29 is 85.8 Å². The standard InChI is InChI=1S/3C10H8F3N.CH3.2F3HP.Mo/c3*1-6-4-8(10(11,12)13)5-7(2)9(6)14-3;;2*1-4(2)3;/h3*4-5H,1-2H3;1H3;2*4H;/q;;;-1;2*+1;+4. The summed E-state index contributed by atoms with van der Waals surface area (Å²) in [6.45, 7) is 29.4. The molecule has 3 aromatic rings. The van der Waals surface area contributed by atoms with Gasteiger partial charge in [0.05, 0.1) is 36.4 Å². The fraction of sp³-hybridized carbons (Fsp3) is 0.290. The molecular weight excluding hydrogens is 857 g/mol. The van der Waals surface area contributed by atoms with E-state index in [1.54, 1.807) is 0 Å². The second kappa shape index (κ2) is 24.0. The Labute approximate surface area is 308 Å². The van der Waals surface area contributed by atoms with Gasteiger partial charge < -0.3 is 7.43 Å². The van der Waals surface area contributed by atoms with Crippen molar-refractivity contribution in [2.45, 2.75) is 60.1 Å². The van der Waals surface area contributed by atoms with Gasteiger partial charge in [0, 0.05) is 25.2 Å². The number of aryl methyl sites for hydroxylation is 6. The van der Waals surface area contributed by atoms with Crippen molar-refractivity contribution in [1.29, 1.82) is 0 Å². The molecule has 0 spiro atoms. The quantitative estimate of drug-likeness (QED) is 0.0924. The van der Waals surface area contributed by atoms with E-state index in [2.05, 4.69) is 14.5 Å². The Kier molecular flexibility index (Phi) is 25.6. The first kappa shape index (κ1) is 55.4. The molecule has 3 rings (SSSR count). The first-order valence-electron chi connectivity index (χ1n) is 12.9. The van der Waals surface area contributed by atoms with E-state index in [1.165, 1.54) is 41.5 Å². The van der Waals surface area contributed by atoms with Crippen LogP contribution in [0.15, 0.2) is 36.4 Å². The van der Waals surface area contributed by atoms with E-state index in [4.69, 9.17) is 19.7 Å². The molecule has 21 heteroatoms. The fourth-order valence-corrected chi connectivity index (χ4v) is 3.89. The van der Waals surface area contributed by atoms with Gasteiger partial charge in [0.1, 0.15) is 0 Å². The van der Waals surface area contributed by atoms with Crippen molar-refractivity contribution in [2.24, 2.45) is 0 Å². The summed E-state index contributed by atoms with van der Waals surface area (Å²) >= 11 is 0. The number of benzene rings is 3. The van der Waals surface area contributed by atoms with Crippen LogP contribution in [0, 0.1) is 68.7 Å². The average Bonchev–Trinajstić information content (AvgIpc) is 2.91. The largest absolute Gasteiger partial charge is 4.00 e. The molecule has 3 nitrogen and oxygen atoms in total. The molecule has 0 fully saturated rings. The molecule has 0 aromatic heterocycles. The van der Waals surface area contributed by atoms with Crippen LogP contribution in [0.4, 0.5) is 81.8 Å². The third-order valence-corrected chi connectivity index (χ3v) is 5.79. The molecule has 0 saturated carbocycles. The maximum absolute atomic E-state index is 12.3. The molecule has 0 aliphatic rings. The van der Waals surface area contributed by atoms with Crippen LogP contribution in [0.3, 0.4) is 0 Å². The summed E-state index contributed by atoms with van der Waals surface area (Å²) in [6.07, 6.45) is -13.0. The predicted molar refractivity (Wildman–Crippen MR) is 171 cm³/mol. The molecule has 0 radical (unpaired) electrons. The van der Waals surface area contributed by atoms with Crippen molar-refractivity contribution in [3.63, 3.8) is 0 Å². The minimum atomic E-state index is -4.38. The van der Waals surface area contributed by atoms with Crippen LogP contribution in [0.1, 0.15) is 50.1 Å². The Balaban J connectivity index is -0.000000295. The van der Waals surface area contributed by atoms with Gasteiger partial charge in [-0.15, -0.1) is 0 Å². The number of alkyl halides is 9. The molecule has 0 bridgehead atoms. The Hall–Kier alpha value is -3.37. The van der Waals surface area contributed by atoms with E-state index in [0.29, 0.717) is 50.4 Å². The smallest absolute Gasteiger partial charge is 0.358 e. The Morgan fingerprint density at radius 3 is 0.596 bits per heavy atom. The minimum absolute atomic E-state index is 0. The molecule has 0 unspecified atom stereocenters. The van der Waals surface area contributed by atoms with Crippen LogP contribution in [0.25, 0.3) is 14.5 Å². The summed E-state index contributed by atoms with van der Waals surface area (Å²) in [5.41, 5.74) is 1.03. The third-order valence-electron chi connectivity index (χ3n) is 5.79. The van der Waals surface area contributed by atoms with Crippen molar-refractivity contribution in [3.8, 4) is 0 Å². The molecule has 0 atom stereocenters. The van der Waals surface area contributed by atoms with E-state index in [0.717, 1.165) is 36.4 Å². The van der Waals surface area contributed by atoms with Crippen molar-refractivity contribution in [2.75, 3.05) is 0 Å². The van der Waals surface area contributed by atoms with Gasteiger partial charge in [-0.05, 0) is 74.9 Å². The van der Waals surface area contributed by atoms with Gasteiger partial charge in [0.25, 0.3) is 0 Å². The van der Waals surface area contributed by atoms with Crippen LogP contribution >= 0.6 is 17.7 Å². The predicted octanol–water partition coefficient (Wildman–Crippen LogP) is 15.8. The SMILES string of the molecule is F[PH+](F)F.F[PH+](F)F.[C-]#[N+]c1c(C)cc(C(F)(F)F)cc1C.[C-]#[N+]c1c(C)cc(C(F)(F)F)cc1C.[C-]#[N+]c1c(C)cc(C(F)(F)F)cc1C.[CH3-].[Mo+4]. The third kappa shape index (κ3) is 20.6. The molecule has 0 saturated heterocycles. The summed E-state index contributed by atoms with van der Waals surface area (Å²) in [6, 6.07) is 6.00. The summed E-state index contributed by atoms with van der Waals surface area (Å²) in [4.78, 5) is 9.53. The molecule has 284 valence electrons. The normalized spacial score (nSPS) is 10.4. The van der Waals surface area contributed by atoms with E-state index in [9.17, 15) is 64.7 Å². The zero-order valence-corrected chi connectivity index (χ0v) is 31.9. The molecule has 0 N–H and O–H groups in total. The Bertz CT molecular complexity index is 1430. The van der Waals surface area contributed by atoms with Crippen LogP contribution in [0.2, 0.25) is 0 Å². The van der Waals surface area contributed by atoms with E-state index < -0.39 is 52.9 Å².